The van der Waals surface area contributed by atoms with E-state index in [2.05, 4.69) is 4.99 Å². The Labute approximate surface area is 142 Å². The molecule has 4 rings (SSSR count). The van der Waals surface area contributed by atoms with E-state index in [4.69, 9.17) is 5.73 Å². The first-order valence-electron chi connectivity index (χ1n) is 7.41. The minimum Gasteiger partial charge on any atom is -0.378 e. The zero-order valence-corrected chi connectivity index (χ0v) is 13.4. The number of hydrogen-bond acceptors (Lipinski definition) is 4. The van der Waals surface area contributed by atoms with Crippen molar-refractivity contribution >= 4 is 40.0 Å². The first-order chi connectivity index (χ1) is 11.6. The highest BCUT2D eigenvalue weighted by atomic mass is 32.2. The van der Waals surface area contributed by atoms with E-state index in [0.29, 0.717) is 17.0 Å². The molecule has 0 bridgehead atoms. The van der Waals surface area contributed by atoms with Crippen molar-refractivity contribution in [1.29, 1.82) is 0 Å². The van der Waals surface area contributed by atoms with Crippen LogP contribution in [0.5, 0.6) is 0 Å². The third-order valence-corrected chi connectivity index (χ3v) is 4.83. The molecular formula is C18H13N3O2S. The van der Waals surface area contributed by atoms with E-state index < -0.39 is 5.91 Å². The number of carbonyl (C=O) groups excluding carboxylic acids is 2. The van der Waals surface area contributed by atoms with Gasteiger partial charge < -0.3 is 10.6 Å². The summed E-state index contributed by atoms with van der Waals surface area (Å²) >= 11 is 1.06. The lowest BCUT2D eigenvalue weighted by Gasteiger charge is -2.17. The number of anilines is 1. The molecule has 0 spiro atoms. The highest BCUT2D eigenvalue weighted by Gasteiger charge is 2.38. The van der Waals surface area contributed by atoms with Gasteiger partial charge >= 0.3 is 0 Å². The van der Waals surface area contributed by atoms with Gasteiger partial charge in [-0.1, -0.05) is 48.5 Å². The number of fused-ring (bicyclic) bond motifs is 1. The van der Waals surface area contributed by atoms with Gasteiger partial charge in [0.25, 0.3) is 11.8 Å². The molecule has 2 heterocycles. The SMILES string of the molecule is NC1=NC(=O)/C(=C2\C(=O)N(Cc3ccccc3)c3ccccc32)S1. The number of hydrogen-bond donors (Lipinski definition) is 1. The molecule has 0 aromatic heterocycles. The van der Waals surface area contributed by atoms with Crippen molar-refractivity contribution in [1.82, 2.24) is 0 Å². The van der Waals surface area contributed by atoms with E-state index in [0.717, 1.165) is 28.6 Å². The fourth-order valence-electron chi connectivity index (χ4n) is 2.90. The van der Waals surface area contributed by atoms with Crippen LogP contribution in [0.2, 0.25) is 0 Å². The minimum atomic E-state index is -0.447. The Balaban J connectivity index is 1.81. The summed E-state index contributed by atoms with van der Waals surface area (Å²) in [6.45, 7) is 0.447. The molecule has 2 aliphatic rings. The molecule has 0 aliphatic carbocycles. The second kappa shape index (κ2) is 5.65. The standard InChI is InChI=1S/C18H13N3O2S/c19-18-20-16(22)15(24-18)14-12-8-4-5-9-13(12)21(17(14)23)10-11-6-2-1-3-7-11/h1-9H,10H2,(H2,19,20,22)/b15-14+. The molecule has 0 fully saturated rings. The number of amidine groups is 1. The molecule has 2 amide bonds. The normalized spacial score (nSPS) is 19.7. The van der Waals surface area contributed by atoms with E-state index in [1.165, 1.54) is 0 Å². The lowest BCUT2D eigenvalue weighted by molar-refractivity contribution is -0.115. The van der Waals surface area contributed by atoms with E-state index in [1.54, 1.807) is 4.90 Å². The zero-order valence-electron chi connectivity index (χ0n) is 12.6. The lowest BCUT2D eigenvalue weighted by atomic mass is 10.1. The summed E-state index contributed by atoms with van der Waals surface area (Å²) in [5.41, 5.74) is 8.60. The van der Waals surface area contributed by atoms with E-state index in [1.807, 2.05) is 54.6 Å². The summed E-state index contributed by atoms with van der Waals surface area (Å²) in [6.07, 6.45) is 0. The Morgan fingerprint density at radius 1 is 1.00 bits per heavy atom. The fraction of sp³-hybridized carbons (Fsp3) is 0.0556. The molecule has 2 aromatic carbocycles. The van der Waals surface area contributed by atoms with Crippen molar-refractivity contribution in [3.8, 4) is 0 Å². The molecule has 24 heavy (non-hydrogen) atoms. The van der Waals surface area contributed by atoms with Crippen LogP contribution >= 0.6 is 11.8 Å². The summed E-state index contributed by atoms with van der Waals surface area (Å²) < 4.78 is 0. The number of thioether (sulfide) groups is 1. The van der Waals surface area contributed by atoms with Crippen molar-refractivity contribution in [2.45, 2.75) is 6.54 Å². The highest BCUT2D eigenvalue weighted by Crippen LogP contribution is 2.43. The summed E-state index contributed by atoms with van der Waals surface area (Å²) in [7, 11) is 0. The van der Waals surface area contributed by atoms with E-state index in [9.17, 15) is 9.59 Å². The third kappa shape index (κ3) is 2.32. The van der Waals surface area contributed by atoms with Crippen LogP contribution in [0.3, 0.4) is 0 Å². The maximum atomic E-state index is 13.0. The van der Waals surface area contributed by atoms with Crippen molar-refractivity contribution in [2.75, 3.05) is 4.90 Å². The van der Waals surface area contributed by atoms with Gasteiger partial charge in [-0.15, -0.1) is 0 Å². The molecule has 2 N–H and O–H groups in total. The average Bonchev–Trinajstić information content (AvgIpc) is 3.05. The Hall–Kier alpha value is -2.86. The van der Waals surface area contributed by atoms with Crippen LogP contribution in [0.1, 0.15) is 11.1 Å². The molecule has 5 nitrogen and oxygen atoms in total. The smallest absolute Gasteiger partial charge is 0.287 e. The van der Waals surface area contributed by atoms with Crippen molar-refractivity contribution < 1.29 is 9.59 Å². The largest absolute Gasteiger partial charge is 0.378 e. The predicted molar refractivity (Wildman–Crippen MR) is 95.2 cm³/mol. The number of nitrogens with zero attached hydrogens (tertiary/aromatic N) is 2. The number of carbonyl (C=O) groups is 2. The van der Waals surface area contributed by atoms with Gasteiger partial charge in [-0.25, -0.2) is 0 Å². The molecule has 2 aliphatic heterocycles. The maximum Gasteiger partial charge on any atom is 0.287 e. The van der Waals surface area contributed by atoms with Gasteiger partial charge in [-0.3, -0.25) is 9.59 Å². The second-order valence-electron chi connectivity index (χ2n) is 5.46. The van der Waals surface area contributed by atoms with Crippen LogP contribution in [0, 0.1) is 0 Å². The molecule has 118 valence electrons. The van der Waals surface area contributed by atoms with Gasteiger partial charge in [-0.05, 0) is 23.4 Å². The predicted octanol–water partition coefficient (Wildman–Crippen LogP) is 2.53. The van der Waals surface area contributed by atoms with Crippen LogP contribution < -0.4 is 10.6 Å². The topological polar surface area (TPSA) is 75.8 Å². The quantitative estimate of drug-likeness (QED) is 0.856. The molecule has 2 aromatic rings. The Morgan fingerprint density at radius 3 is 2.42 bits per heavy atom. The molecule has 0 atom stereocenters. The molecule has 6 heteroatoms. The summed E-state index contributed by atoms with van der Waals surface area (Å²) in [5.74, 6) is -0.641. The van der Waals surface area contributed by atoms with Gasteiger partial charge in [0.1, 0.15) is 0 Å². The zero-order chi connectivity index (χ0) is 16.7. The maximum absolute atomic E-state index is 13.0. The number of benzene rings is 2. The molecule has 0 saturated heterocycles. The first kappa shape index (κ1) is 14.7. The minimum absolute atomic E-state index is 0.175. The summed E-state index contributed by atoms with van der Waals surface area (Å²) in [6, 6.07) is 17.2. The number of rotatable bonds is 2. The number of nitrogens with two attached hydrogens (primary N) is 1. The Bertz CT molecular complexity index is 919. The molecule has 0 unspecified atom stereocenters. The van der Waals surface area contributed by atoms with Gasteiger partial charge in [0.15, 0.2) is 5.17 Å². The molecular weight excluding hydrogens is 322 g/mol. The van der Waals surface area contributed by atoms with Gasteiger partial charge in [-0.2, -0.15) is 4.99 Å². The van der Waals surface area contributed by atoms with E-state index >= 15 is 0 Å². The third-order valence-electron chi connectivity index (χ3n) is 3.95. The van der Waals surface area contributed by atoms with Crippen LogP contribution in [0.4, 0.5) is 5.69 Å². The van der Waals surface area contributed by atoms with Crippen molar-refractivity contribution in [3.63, 3.8) is 0 Å². The highest BCUT2D eigenvalue weighted by molar-refractivity contribution is 8.18. The summed E-state index contributed by atoms with van der Waals surface area (Å²) in [5, 5.41) is 0.175. The van der Waals surface area contributed by atoms with Crippen LogP contribution in [-0.2, 0) is 16.1 Å². The van der Waals surface area contributed by atoms with Crippen molar-refractivity contribution in [3.05, 3.63) is 70.6 Å². The summed E-state index contributed by atoms with van der Waals surface area (Å²) in [4.78, 5) is 30.8. The average molecular weight is 335 g/mol. The van der Waals surface area contributed by atoms with Crippen LogP contribution in [0.15, 0.2) is 64.5 Å². The molecule has 0 radical (unpaired) electrons. The number of aliphatic imine (C=N–C) groups is 1. The Kier molecular flexibility index (Phi) is 3.46. The van der Waals surface area contributed by atoms with Crippen molar-refractivity contribution in [2.24, 2.45) is 10.7 Å². The van der Waals surface area contributed by atoms with Crippen LogP contribution in [-0.4, -0.2) is 17.0 Å². The number of amides is 2. The van der Waals surface area contributed by atoms with Gasteiger partial charge in [0, 0.05) is 5.56 Å². The first-order valence-corrected chi connectivity index (χ1v) is 8.22. The molecule has 0 saturated carbocycles. The van der Waals surface area contributed by atoms with Crippen LogP contribution in [0.25, 0.3) is 5.57 Å². The monoisotopic (exact) mass is 335 g/mol. The van der Waals surface area contributed by atoms with E-state index in [-0.39, 0.29) is 11.1 Å². The fourth-order valence-corrected chi connectivity index (χ4v) is 3.67. The van der Waals surface area contributed by atoms with Gasteiger partial charge in [0.05, 0.1) is 22.7 Å². The number of para-hydroxylation sites is 1. The lowest BCUT2D eigenvalue weighted by Crippen LogP contribution is -2.26. The van der Waals surface area contributed by atoms with Gasteiger partial charge in [0.2, 0.25) is 0 Å². The Morgan fingerprint density at radius 2 is 1.71 bits per heavy atom. The second-order valence-corrected chi connectivity index (χ2v) is 6.49.